The van der Waals surface area contributed by atoms with Gasteiger partial charge in [0.2, 0.25) is 0 Å². The first-order valence-corrected chi connectivity index (χ1v) is 5.86. The first-order valence-electron chi connectivity index (χ1n) is 5.32. The second-order valence-corrected chi connectivity index (χ2v) is 3.55. The summed E-state index contributed by atoms with van der Waals surface area (Å²) >= 11 is 5.55. The summed E-state index contributed by atoms with van der Waals surface area (Å²) in [5.41, 5.74) is 1.09. The fourth-order valence-corrected chi connectivity index (χ4v) is 1.46. The summed E-state index contributed by atoms with van der Waals surface area (Å²) in [6.07, 6.45) is 7.85. The van der Waals surface area contributed by atoms with Gasteiger partial charge in [-0.25, -0.2) is 0 Å². The number of para-hydroxylation sites is 1. The summed E-state index contributed by atoms with van der Waals surface area (Å²) in [4.78, 5) is 0. The number of rotatable bonds is 6. The number of unbranched alkanes of at least 4 members (excludes halogenated alkanes) is 2. The van der Waals surface area contributed by atoms with Gasteiger partial charge >= 0.3 is 0 Å². The third-order valence-corrected chi connectivity index (χ3v) is 2.26. The van der Waals surface area contributed by atoms with E-state index in [9.17, 15) is 0 Å². The van der Waals surface area contributed by atoms with Gasteiger partial charge in [-0.1, -0.05) is 61.7 Å². The Morgan fingerprint density at radius 1 is 1.33 bits per heavy atom. The van der Waals surface area contributed by atoms with Crippen LogP contribution >= 0.6 is 11.6 Å². The monoisotopic (exact) mass is 224 g/mol. The predicted octanol–water partition coefficient (Wildman–Crippen LogP) is 4.47. The van der Waals surface area contributed by atoms with Gasteiger partial charge in [0, 0.05) is 5.56 Å². The number of hydrogen-bond donors (Lipinski definition) is 0. The van der Waals surface area contributed by atoms with E-state index in [0.29, 0.717) is 0 Å². The maximum atomic E-state index is 5.55. The van der Waals surface area contributed by atoms with E-state index in [4.69, 9.17) is 16.3 Å². The molecule has 1 nitrogen and oxygen atoms in total. The SMILES string of the molecule is CCCCC=Cc1ccccc1OCCl. The van der Waals surface area contributed by atoms with Crippen molar-refractivity contribution in [1.29, 1.82) is 0 Å². The molecule has 0 unspecified atom stereocenters. The number of ether oxygens (including phenoxy) is 1. The third kappa shape index (κ3) is 4.39. The van der Waals surface area contributed by atoms with Crippen LogP contribution in [0.3, 0.4) is 0 Å². The first-order chi connectivity index (χ1) is 7.38. The third-order valence-electron chi connectivity index (χ3n) is 2.15. The quantitative estimate of drug-likeness (QED) is 0.512. The molecule has 0 fully saturated rings. The Labute approximate surface area is 96.7 Å². The Balaban J connectivity index is 2.62. The zero-order valence-corrected chi connectivity index (χ0v) is 9.83. The highest BCUT2D eigenvalue weighted by Gasteiger charge is 1.97. The predicted molar refractivity (Wildman–Crippen MR) is 66.3 cm³/mol. The van der Waals surface area contributed by atoms with E-state index < -0.39 is 0 Å². The standard InChI is InChI=1S/C13H17ClO/c1-2-3-4-5-8-12-9-6-7-10-13(12)15-11-14/h5-10H,2-4,11H2,1H3. The molecule has 0 atom stereocenters. The lowest BCUT2D eigenvalue weighted by Gasteiger charge is -2.05. The minimum Gasteiger partial charge on any atom is -0.477 e. The van der Waals surface area contributed by atoms with Crippen LogP contribution in [0.1, 0.15) is 31.7 Å². The Hall–Kier alpha value is -0.950. The molecule has 0 aliphatic rings. The molecule has 0 aliphatic heterocycles. The number of hydrogen-bond acceptors (Lipinski definition) is 1. The average molecular weight is 225 g/mol. The summed E-state index contributed by atoms with van der Waals surface area (Å²) in [7, 11) is 0. The van der Waals surface area contributed by atoms with Gasteiger partial charge in [-0.15, -0.1) is 0 Å². The number of alkyl halides is 1. The van der Waals surface area contributed by atoms with Gasteiger partial charge in [-0.05, 0) is 12.5 Å². The zero-order chi connectivity index (χ0) is 10.9. The van der Waals surface area contributed by atoms with Gasteiger partial charge in [-0.3, -0.25) is 0 Å². The molecule has 0 saturated carbocycles. The van der Waals surface area contributed by atoms with Crippen molar-refractivity contribution in [3.05, 3.63) is 35.9 Å². The lowest BCUT2D eigenvalue weighted by molar-refractivity contribution is 0.387. The van der Waals surface area contributed by atoms with Crippen molar-refractivity contribution in [3.63, 3.8) is 0 Å². The van der Waals surface area contributed by atoms with E-state index in [1.54, 1.807) is 0 Å². The highest BCUT2D eigenvalue weighted by molar-refractivity contribution is 6.17. The molecule has 2 heteroatoms. The molecule has 0 amide bonds. The van der Waals surface area contributed by atoms with Crippen LogP contribution in [-0.2, 0) is 0 Å². The minimum absolute atomic E-state index is 0.194. The number of allylic oxidation sites excluding steroid dienone is 1. The Morgan fingerprint density at radius 3 is 2.87 bits per heavy atom. The summed E-state index contributed by atoms with van der Waals surface area (Å²) < 4.78 is 5.31. The molecule has 0 heterocycles. The van der Waals surface area contributed by atoms with E-state index in [-0.39, 0.29) is 6.07 Å². The second kappa shape index (κ2) is 7.36. The summed E-state index contributed by atoms with van der Waals surface area (Å²) in [6, 6.07) is 8.11. The molecule has 0 bridgehead atoms. The second-order valence-electron chi connectivity index (χ2n) is 3.34. The zero-order valence-electron chi connectivity index (χ0n) is 9.08. The first kappa shape index (κ1) is 12.1. The van der Waals surface area contributed by atoms with Crippen molar-refractivity contribution in [2.75, 3.05) is 6.07 Å². The lowest BCUT2D eigenvalue weighted by Crippen LogP contribution is -1.90. The van der Waals surface area contributed by atoms with Gasteiger partial charge in [-0.2, -0.15) is 0 Å². The van der Waals surface area contributed by atoms with Gasteiger partial charge < -0.3 is 4.74 Å². The normalized spacial score (nSPS) is 10.8. The van der Waals surface area contributed by atoms with Crippen LogP contribution in [-0.4, -0.2) is 6.07 Å². The maximum Gasteiger partial charge on any atom is 0.162 e. The van der Waals surface area contributed by atoms with Crippen LogP contribution in [0, 0.1) is 0 Å². The number of halogens is 1. The van der Waals surface area contributed by atoms with Crippen molar-refractivity contribution < 1.29 is 4.74 Å². The number of benzene rings is 1. The molecule has 0 saturated heterocycles. The smallest absolute Gasteiger partial charge is 0.162 e. The summed E-state index contributed by atoms with van der Waals surface area (Å²) in [6.45, 7) is 2.19. The van der Waals surface area contributed by atoms with Crippen molar-refractivity contribution in [1.82, 2.24) is 0 Å². The Morgan fingerprint density at radius 2 is 2.13 bits per heavy atom. The van der Waals surface area contributed by atoms with Gasteiger partial charge in [0.15, 0.2) is 6.07 Å². The van der Waals surface area contributed by atoms with E-state index in [1.807, 2.05) is 24.3 Å². The van der Waals surface area contributed by atoms with Gasteiger partial charge in [0.05, 0.1) is 0 Å². The van der Waals surface area contributed by atoms with Crippen molar-refractivity contribution in [2.24, 2.45) is 0 Å². The molecule has 0 aliphatic carbocycles. The fourth-order valence-electron chi connectivity index (χ4n) is 1.34. The highest BCUT2D eigenvalue weighted by atomic mass is 35.5. The maximum absolute atomic E-state index is 5.55. The molecular formula is C13H17ClO. The van der Waals surface area contributed by atoms with Crippen LogP contribution < -0.4 is 4.74 Å². The van der Waals surface area contributed by atoms with E-state index >= 15 is 0 Å². The molecule has 0 aromatic heterocycles. The van der Waals surface area contributed by atoms with E-state index in [1.165, 1.54) is 12.8 Å². The van der Waals surface area contributed by atoms with Crippen molar-refractivity contribution >= 4 is 17.7 Å². The van der Waals surface area contributed by atoms with Crippen LogP contribution in [0.25, 0.3) is 6.08 Å². The Bertz CT molecular complexity index is 307. The van der Waals surface area contributed by atoms with Gasteiger partial charge in [0.1, 0.15) is 5.75 Å². The average Bonchev–Trinajstić information content (AvgIpc) is 2.27. The molecule has 1 aromatic rings. The molecule has 0 spiro atoms. The summed E-state index contributed by atoms with van der Waals surface area (Å²) in [5.74, 6) is 0.847. The molecule has 15 heavy (non-hydrogen) atoms. The van der Waals surface area contributed by atoms with E-state index in [0.717, 1.165) is 17.7 Å². The van der Waals surface area contributed by atoms with Gasteiger partial charge in [0.25, 0.3) is 0 Å². The molecule has 1 aromatic carbocycles. The van der Waals surface area contributed by atoms with Crippen LogP contribution in [0.15, 0.2) is 30.3 Å². The molecule has 0 N–H and O–H groups in total. The fraction of sp³-hybridized carbons (Fsp3) is 0.385. The van der Waals surface area contributed by atoms with Crippen LogP contribution in [0.4, 0.5) is 0 Å². The molecular weight excluding hydrogens is 208 g/mol. The van der Waals surface area contributed by atoms with E-state index in [2.05, 4.69) is 19.1 Å². The van der Waals surface area contributed by atoms with Crippen molar-refractivity contribution in [3.8, 4) is 5.75 Å². The van der Waals surface area contributed by atoms with Crippen LogP contribution in [0.2, 0.25) is 0 Å². The topological polar surface area (TPSA) is 9.23 Å². The van der Waals surface area contributed by atoms with Crippen LogP contribution in [0.5, 0.6) is 5.75 Å². The lowest BCUT2D eigenvalue weighted by atomic mass is 10.1. The van der Waals surface area contributed by atoms with Crippen molar-refractivity contribution in [2.45, 2.75) is 26.2 Å². The molecule has 1 rings (SSSR count). The highest BCUT2D eigenvalue weighted by Crippen LogP contribution is 2.20. The molecule has 82 valence electrons. The minimum atomic E-state index is 0.194. The summed E-state index contributed by atoms with van der Waals surface area (Å²) in [5, 5.41) is 0. The largest absolute Gasteiger partial charge is 0.477 e. The molecule has 0 radical (unpaired) electrons. The Kier molecular flexibility index (Phi) is 5.94.